The molecule has 0 aromatic carbocycles. The summed E-state index contributed by atoms with van der Waals surface area (Å²) in [7, 11) is 0. The Morgan fingerprint density at radius 2 is 1.94 bits per heavy atom. The van der Waals surface area contributed by atoms with E-state index in [1.807, 2.05) is 6.26 Å². The largest absolute Gasteiger partial charge is 0.469 e. The van der Waals surface area contributed by atoms with Gasteiger partial charge in [0.05, 0.1) is 6.26 Å². The number of furan rings is 1. The number of ether oxygens (including phenoxy) is 1. The molecule has 18 heavy (non-hydrogen) atoms. The summed E-state index contributed by atoms with van der Waals surface area (Å²) in [5, 5.41) is 0. The predicted molar refractivity (Wildman–Crippen MR) is 73.8 cm³/mol. The summed E-state index contributed by atoms with van der Waals surface area (Å²) < 4.78 is 11.2. The van der Waals surface area contributed by atoms with Crippen molar-refractivity contribution in [3.8, 4) is 0 Å². The van der Waals surface area contributed by atoms with Crippen molar-refractivity contribution in [3.05, 3.63) is 23.7 Å². The average Bonchev–Trinajstić information content (AvgIpc) is 2.83. The van der Waals surface area contributed by atoms with E-state index in [1.54, 1.807) is 0 Å². The Kier molecular flexibility index (Phi) is 3.59. The molecule has 1 unspecified atom stereocenters. The summed E-state index contributed by atoms with van der Waals surface area (Å²) >= 11 is 0. The second-order valence-corrected chi connectivity index (χ2v) is 7.30. The summed E-state index contributed by atoms with van der Waals surface area (Å²) in [5.74, 6) is 1.75. The highest BCUT2D eigenvalue weighted by Gasteiger charge is 2.33. The van der Waals surface area contributed by atoms with Gasteiger partial charge in [0.25, 0.3) is 0 Å². The van der Waals surface area contributed by atoms with Gasteiger partial charge in [-0.2, -0.15) is 0 Å². The predicted octanol–water partition coefficient (Wildman–Crippen LogP) is 4.18. The molecule has 2 heterocycles. The van der Waals surface area contributed by atoms with Gasteiger partial charge in [-0.25, -0.2) is 0 Å². The molecule has 0 N–H and O–H groups in total. The first-order valence-corrected chi connectivity index (χ1v) is 6.95. The van der Waals surface area contributed by atoms with Crippen LogP contribution in [0.5, 0.6) is 0 Å². The number of hydrogen-bond acceptors (Lipinski definition) is 2. The van der Waals surface area contributed by atoms with Crippen LogP contribution in [0.2, 0.25) is 0 Å². The van der Waals surface area contributed by atoms with E-state index in [-0.39, 0.29) is 10.8 Å². The standard InChI is InChI=1S/C16H26O2/c1-15(2,3)14-8-12(10-18-14)9-16(4,5)13-6-7-17-11-13/h8,10,13H,6-7,9,11H2,1-5H3. The van der Waals surface area contributed by atoms with E-state index in [1.165, 1.54) is 12.0 Å². The molecule has 2 nitrogen and oxygen atoms in total. The second-order valence-electron chi connectivity index (χ2n) is 7.30. The highest BCUT2D eigenvalue weighted by Crippen LogP contribution is 2.37. The quantitative estimate of drug-likeness (QED) is 0.803. The molecule has 102 valence electrons. The number of rotatable bonds is 3. The minimum atomic E-state index is 0.0961. The van der Waals surface area contributed by atoms with Crippen LogP contribution in [0.3, 0.4) is 0 Å². The van der Waals surface area contributed by atoms with Crippen LogP contribution < -0.4 is 0 Å². The van der Waals surface area contributed by atoms with Crippen LogP contribution >= 0.6 is 0 Å². The van der Waals surface area contributed by atoms with Crippen LogP contribution in [-0.4, -0.2) is 13.2 Å². The van der Waals surface area contributed by atoms with Crippen LogP contribution in [0.4, 0.5) is 0 Å². The van der Waals surface area contributed by atoms with Crippen molar-refractivity contribution in [2.75, 3.05) is 13.2 Å². The Morgan fingerprint density at radius 1 is 1.22 bits per heavy atom. The highest BCUT2D eigenvalue weighted by atomic mass is 16.5. The molecule has 2 rings (SSSR count). The molecule has 1 saturated heterocycles. The van der Waals surface area contributed by atoms with Gasteiger partial charge in [-0.3, -0.25) is 0 Å². The molecule has 2 heteroatoms. The van der Waals surface area contributed by atoms with E-state index >= 15 is 0 Å². The van der Waals surface area contributed by atoms with Crippen LogP contribution in [0, 0.1) is 11.3 Å². The van der Waals surface area contributed by atoms with E-state index in [0.29, 0.717) is 5.92 Å². The van der Waals surface area contributed by atoms with Crippen molar-refractivity contribution in [2.45, 2.75) is 52.9 Å². The summed E-state index contributed by atoms with van der Waals surface area (Å²) in [5.41, 5.74) is 1.70. The monoisotopic (exact) mass is 250 g/mol. The molecule has 0 spiro atoms. The van der Waals surface area contributed by atoms with E-state index in [4.69, 9.17) is 9.15 Å². The average molecular weight is 250 g/mol. The van der Waals surface area contributed by atoms with Crippen molar-refractivity contribution < 1.29 is 9.15 Å². The van der Waals surface area contributed by atoms with E-state index in [2.05, 4.69) is 40.7 Å². The Hall–Kier alpha value is -0.760. The summed E-state index contributed by atoms with van der Waals surface area (Å²) in [4.78, 5) is 0. The fraction of sp³-hybridized carbons (Fsp3) is 0.750. The third-order valence-corrected chi connectivity index (χ3v) is 4.09. The first-order valence-electron chi connectivity index (χ1n) is 6.95. The lowest BCUT2D eigenvalue weighted by atomic mass is 9.74. The molecular weight excluding hydrogens is 224 g/mol. The van der Waals surface area contributed by atoms with Gasteiger partial charge in [0.15, 0.2) is 0 Å². The lowest BCUT2D eigenvalue weighted by Gasteiger charge is -2.30. The van der Waals surface area contributed by atoms with Gasteiger partial charge in [-0.1, -0.05) is 34.6 Å². The van der Waals surface area contributed by atoms with E-state index < -0.39 is 0 Å². The van der Waals surface area contributed by atoms with Crippen molar-refractivity contribution in [2.24, 2.45) is 11.3 Å². The third-order valence-electron chi connectivity index (χ3n) is 4.09. The van der Waals surface area contributed by atoms with Gasteiger partial charge in [0.1, 0.15) is 5.76 Å². The van der Waals surface area contributed by atoms with Gasteiger partial charge >= 0.3 is 0 Å². The van der Waals surface area contributed by atoms with Crippen LogP contribution in [0.1, 0.15) is 52.4 Å². The zero-order valence-electron chi connectivity index (χ0n) is 12.4. The molecule has 0 saturated carbocycles. The first kappa shape index (κ1) is 13.7. The minimum absolute atomic E-state index is 0.0961. The summed E-state index contributed by atoms with van der Waals surface area (Å²) in [6.07, 6.45) is 4.19. The molecule has 1 fully saturated rings. The Morgan fingerprint density at radius 3 is 2.44 bits per heavy atom. The normalized spacial score (nSPS) is 21.5. The lowest BCUT2D eigenvalue weighted by molar-refractivity contribution is 0.142. The van der Waals surface area contributed by atoms with Gasteiger partial charge in [0, 0.05) is 18.6 Å². The van der Waals surface area contributed by atoms with Gasteiger partial charge in [-0.05, 0) is 35.8 Å². The molecule has 0 radical (unpaired) electrons. The van der Waals surface area contributed by atoms with Crippen molar-refractivity contribution in [3.63, 3.8) is 0 Å². The van der Waals surface area contributed by atoms with Gasteiger partial charge < -0.3 is 9.15 Å². The minimum Gasteiger partial charge on any atom is -0.469 e. The molecule has 0 amide bonds. The van der Waals surface area contributed by atoms with Crippen molar-refractivity contribution in [1.82, 2.24) is 0 Å². The fourth-order valence-electron chi connectivity index (χ4n) is 2.68. The van der Waals surface area contributed by atoms with Crippen LogP contribution in [0.15, 0.2) is 16.7 Å². The Bertz CT molecular complexity index is 389. The highest BCUT2D eigenvalue weighted by molar-refractivity contribution is 5.19. The molecular formula is C16H26O2. The fourth-order valence-corrected chi connectivity index (χ4v) is 2.68. The van der Waals surface area contributed by atoms with Crippen LogP contribution in [0.25, 0.3) is 0 Å². The molecule has 1 aliphatic rings. The van der Waals surface area contributed by atoms with E-state index in [0.717, 1.165) is 25.4 Å². The van der Waals surface area contributed by atoms with Crippen molar-refractivity contribution >= 4 is 0 Å². The van der Waals surface area contributed by atoms with Gasteiger partial charge in [-0.15, -0.1) is 0 Å². The first-order chi connectivity index (χ1) is 8.29. The molecule has 1 atom stereocenters. The Labute approximate surface area is 111 Å². The maximum absolute atomic E-state index is 5.71. The zero-order chi connectivity index (χ0) is 13.4. The maximum Gasteiger partial charge on any atom is 0.109 e. The number of hydrogen-bond donors (Lipinski definition) is 0. The second kappa shape index (κ2) is 4.73. The molecule has 1 aliphatic heterocycles. The van der Waals surface area contributed by atoms with Gasteiger partial charge in [0.2, 0.25) is 0 Å². The molecule has 0 bridgehead atoms. The van der Waals surface area contributed by atoms with E-state index in [9.17, 15) is 0 Å². The SMILES string of the molecule is CC(C)(C)c1cc(CC(C)(C)C2CCOC2)co1. The molecule has 1 aromatic heterocycles. The maximum atomic E-state index is 5.71. The van der Waals surface area contributed by atoms with Crippen molar-refractivity contribution in [1.29, 1.82) is 0 Å². The topological polar surface area (TPSA) is 22.4 Å². The molecule has 0 aliphatic carbocycles. The third kappa shape index (κ3) is 2.97. The van der Waals surface area contributed by atoms with Crippen LogP contribution in [-0.2, 0) is 16.6 Å². The lowest BCUT2D eigenvalue weighted by Crippen LogP contribution is -2.26. The Balaban J connectivity index is 2.06. The molecule has 1 aromatic rings. The smallest absolute Gasteiger partial charge is 0.109 e. The summed E-state index contributed by atoms with van der Waals surface area (Å²) in [6.45, 7) is 13.1. The zero-order valence-corrected chi connectivity index (χ0v) is 12.4. The summed E-state index contributed by atoms with van der Waals surface area (Å²) in [6, 6.07) is 2.22.